The van der Waals surface area contributed by atoms with E-state index in [-0.39, 0.29) is 17.7 Å². The molecule has 2 fully saturated rings. The van der Waals surface area contributed by atoms with Crippen molar-refractivity contribution in [1.82, 2.24) is 14.8 Å². The van der Waals surface area contributed by atoms with Gasteiger partial charge in [0, 0.05) is 37.5 Å². The monoisotopic (exact) mass is 441 g/mol. The normalized spacial score (nSPS) is 20.0. The molecule has 31 heavy (non-hydrogen) atoms. The molecule has 2 aliphatic rings. The molecular formula is C24H31N3O3S. The zero-order valence-corrected chi connectivity index (χ0v) is 19.2. The second-order valence-corrected chi connectivity index (χ2v) is 9.77. The minimum absolute atomic E-state index is 0.0447. The summed E-state index contributed by atoms with van der Waals surface area (Å²) in [4.78, 5) is 34.1. The number of piperidine rings is 2. The fourth-order valence-corrected chi connectivity index (χ4v) is 5.07. The van der Waals surface area contributed by atoms with Gasteiger partial charge in [-0.05, 0) is 50.7 Å². The third kappa shape index (κ3) is 5.45. The number of rotatable bonds is 5. The molecule has 0 spiro atoms. The molecule has 1 aromatic carbocycles. The molecule has 2 amide bonds. The van der Waals surface area contributed by atoms with Crippen molar-refractivity contribution in [2.45, 2.75) is 46.1 Å². The Morgan fingerprint density at radius 1 is 1.10 bits per heavy atom. The SMILES string of the molecule is Cc1ccc(OCc2nc(C(=O)N3CCC(C(=O)N4CCCC(C)C4)CC3)cs2)cc1. The number of thiazole rings is 1. The second-order valence-electron chi connectivity index (χ2n) is 8.83. The Labute approximate surface area is 188 Å². The summed E-state index contributed by atoms with van der Waals surface area (Å²) in [6.07, 6.45) is 3.79. The Balaban J connectivity index is 1.27. The number of carbonyl (C=O) groups excluding carboxylic acids is 2. The number of benzene rings is 1. The van der Waals surface area contributed by atoms with E-state index in [2.05, 4.69) is 11.9 Å². The quantitative estimate of drug-likeness (QED) is 0.700. The fraction of sp³-hybridized carbons (Fsp3) is 0.542. The Hall–Kier alpha value is -2.41. The van der Waals surface area contributed by atoms with Crippen LogP contribution >= 0.6 is 11.3 Å². The van der Waals surface area contributed by atoms with Crippen LogP contribution in [0.2, 0.25) is 0 Å². The number of hydrogen-bond donors (Lipinski definition) is 0. The van der Waals surface area contributed by atoms with Crippen molar-refractivity contribution in [2.75, 3.05) is 26.2 Å². The Morgan fingerprint density at radius 2 is 1.84 bits per heavy atom. The molecule has 166 valence electrons. The first-order valence-corrected chi connectivity index (χ1v) is 12.1. The molecule has 4 rings (SSSR count). The zero-order chi connectivity index (χ0) is 21.8. The summed E-state index contributed by atoms with van der Waals surface area (Å²) < 4.78 is 5.77. The van der Waals surface area contributed by atoms with Gasteiger partial charge in [-0.3, -0.25) is 9.59 Å². The molecule has 1 atom stereocenters. The molecule has 7 heteroatoms. The van der Waals surface area contributed by atoms with E-state index in [9.17, 15) is 9.59 Å². The highest BCUT2D eigenvalue weighted by Gasteiger charge is 2.32. The van der Waals surface area contributed by atoms with Crippen molar-refractivity contribution in [3.05, 3.63) is 45.9 Å². The third-order valence-electron chi connectivity index (χ3n) is 6.25. The second kappa shape index (κ2) is 9.81. The van der Waals surface area contributed by atoms with Gasteiger partial charge < -0.3 is 14.5 Å². The van der Waals surface area contributed by atoms with Gasteiger partial charge in [0.1, 0.15) is 23.1 Å². The molecular weight excluding hydrogens is 410 g/mol. The van der Waals surface area contributed by atoms with E-state index in [1.54, 1.807) is 0 Å². The summed E-state index contributed by atoms with van der Waals surface area (Å²) in [5.41, 5.74) is 1.66. The highest BCUT2D eigenvalue weighted by molar-refractivity contribution is 7.09. The highest BCUT2D eigenvalue weighted by Crippen LogP contribution is 2.25. The lowest BCUT2D eigenvalue weighted by molar-refractivity contribution is -0.138. The van der Waals surface area contributed by atoms with E-state index < -0.39 is 0 Å². The van der Waals surface area contributed by atoms with Gasteiger partial charge in [-0.1, -0.05) is 24.6 Å². The maximum Gasteiger partial charge on any atom is 0.273 e. The summed E-state index contributed by atoms with van der Waals surface area (Å²) in [5.74, 6) is 1.66. The molecule has 0 N–H and O–H groups in total. The van der Waals surface area contributed by atoms with Crippen molar-refractivity contribution in [2.24, 2.45) is 11.8 Å². The van der Waals surface area contributed by atoms with Crippen LogP contribution in [0.3, 0.4) is 0 Å². The molecule has 0 radical (unpaired) electrons. The standard InChI is InChI=1S/C24H31N3O3S/c1-17-5-7-20(8-6-17)30-15-22-25-21(16-31-22)24(29)26-12-9-19(10-13-26)23(28)27-11-3-4-18(2)14-27/h5-8,16,18-19H,3-4,9-15H2,1-2H3. The largest absolute Gasteiger partial charge is 0.486 e. The number of amides is 2. The average molecular weight is 442 g/mol. The Morgan fingerprint density at radius 3 is 2.55 bits per heavy atom. The van der Waals surface area contributed by atoms with Gasteiger partial charge in [0.15, 0.2) is 0 Å². The van der Waals surface area contributed by atoms with Crippen molar-refractivity contribution < 1.29 is 14.3 Å². The predicted octanol–water partition coefficient (Wildman–Crippen LogP) is 4.14. The molecule has 1 aromatic heterocycles. The van der Waals surface area contributed by atoms with E-state index in [1.807, 2.05) is 46.4 Å². The minimum atomic E-state index is -0.0460. The molecule has 0 bridgehead atoms. The Kier molecular flexibility index (Phi) is 6.90. The van der Waals surface area contributed by atoms with Crippen molar-refractivity contribution in [3.8, 4) is 5.75 Å². The maximum atomic E-state index is 12.9. The lowest BCUT2D eigenvalue weighted by Gasteiger charge is -2.37. The Bertz CT molecular complexity index is 903. The van der Waals surface area contributed by atoms with Crippen LogP contribution < -0.4 is 4.74 Å². The first-order valence-electron chi connectivity index (χ1n) is 11.2. The number of nitrogens with zero attached hydrogens (tertiary/aromatic N) is 3. The first-order chi connectivity index (χ1) is 15.0. The van der Waals surface area contributed by atoms with E-state index in [1.165, 1.54) is 23.3 Å². The molecule has 2 aromatic rings. The summed E-state index contributed by atoms with van der Waals surface area (Å²) in [5, 5.41) is 2.59. The van der Waals surface area contributed by atoms with Gasteiger partial charge in [-0.2, -0.15) is 0 Å². The topological polar surface area (TPSA) is 62.7 Å². The fourth-order valence-electron chi connectivity index (χ4n) is 4.39. The van der Waals surface area contributed by atoms with Gasteiger partial charge in [0.05, 0.1) is 0 Å². The summed E-state index contributed by atoms with van der Waals surface area (Å²) in [6.45, 7) is 7.60. The van der Waals surface area contributed by atoms with Crippen LogP contribution in [0, 0.1) is 18.8 Å². The van der Waals surface area contributed by atoms with Crippen molar-refractivity contribution in [3.63, 3.8) is 0 Å². The number of aryl methyl sites for hydroxylation is 1. The van der Waals surface area contributed by atoms with Gasteiger partial charge >= 0.3 is 0 Å². The smallest absolute Gasteiger partial charge is 0.273 e. The van der Waals surface area contributed by atoms with Gasteiger partial charge in [0.25, 0.3) is 5.91 Å². The van der Waals surface area contributed by atoms with Gasteiger partial charge in [-0.15, -0.1) is 11.3 Å². The summed E-state index contributed by atoms with van der Waals surface area (Å²) >= 11 is 1.44. The molecule has 1 unspecified atom stereocenters. The summed E-state index contributed by atoms with van der Waals surface area (Å²) in [6, 6.07) is 7.88. The summed E-state index contributed by atoms with van der Waals surface area (Å²) in [7, 11) is 0. The zero-order valence-electron chi connectivity index (χ0n) is 18.4. The van der Waals surface area contributed by atoms with E-state index >= 15 is 0 Å². The predicted molar refractivity (Wildman–Crippen MR) is 121 cm³/mol. The number of aromatic nitrogens is 1. The molecule has 0 aliphatic carbocycles. The molecule has 0 saturated carbocycles. The van der Waals surface area contributed by atoms with Crippen LogP contribution in [-0.2, 0) is 11.4 Å². The number of hydrogen-bond acceptors (Lipinski definition) is 5. The van der Waals surface area contributed by atoms with E-state index in [0.29, 0.717) is 31.3 Å². The van der Waals surface area contributed by atoms with Crippen LogP contribution in [0.1, 0.15) is 53.7 Å². The highest BCUT2D eigenvalue weighted by atomic mass is 32.1. The minimum Gasteiger partial charge on any atom is -0.486 e. The lowest BCUT2D eigenvalue weighted by atomic mass is 9.92. The van der Waals surface area contributed by atoms with Crippen molar-refractivity contribution >= 4 is 23.2 Å². The lowest BCUT2D eigenvalue weighted by Crippen LogP contribution is -2.47. The molecule has 2 aliphatic heterocycles. The van der Waals surface area contributed by atoms with Crippen LogP contribution in [0.4, 0.5) is 0 Å². The maximum absolute atomic E-state index is 12.9. The van der Waals surface area contributed by atoms with Crippen LogP contribution in [-0.4, -0.2) is 52.8 Å². The van der Waals surface area contributed by atoms with Gasteiger partial charge in [-0.25, -0.2) is 4.98 Å². The first kappa shape index (κ1) is 21.8. The van der Waals surface area contributed by atoms with E-state index in [4.69, 9.17) is 4.74 Å². The number of carbonyl (C=O) groups is 2. The third-order valence-corrected chi connectivity index (χ3v) is 7.08. The van der Waals surface area contributed by atoms with Crippen LogP contribution in [0.25, 0.3) is 0 Å². The average Bonchev–Trinajstić information content (AvgIpc) is 3.27. The van der Waals surface area contributed by atoms with Crippen LogP contribution in [0.5, 0.6) is 5.75 Å². The molecule has 3 heterocycles. The number of ether oxygens (including phenoxy) is 1. The van der Waals surface area contributed by atoms with Crippen molar-refractivity contribution in [1.29, 1.82) is 0 Å². The molecule has 2 saturated heterocycles. The number of likely N-dealkylation sites (tertiary alicyclic amines) is 2. The van der Waals surface area contributed by atoms with E-state index in [0.717, 1.165) is 43.1 Å². The van der Waals surface area contributed by atoms with Crippen LogP contribution in [0.15, 0.2) is 29.6 Å². The molecule has 6 nitrogen and oxygen atoms in total. The van der Waals surface area contributed by atoms with Gasteiger partial charge in [0.2, 0.25) is 5.91 Å².